The van der Waals surface area contributed by atoms with Crippen molar-refractivity contribution in [1.29, 1.82) is 0 Å². The molecular formula is C11H14FN3O. The largest absolute Gasteiger partial charge is 0.371 e. The maximum atomic E-state index is 13.7. The molecule has 5 heteroatoms. The van der Waals surface area contributed by atoms with Crippen LogP contribution in [-0.4, -0.2) is 23.5 Å². The van der Waals surface area contributed by atoms with E-state index >= 15 is 0 Å². The van der Waals surface area contributed by atoms with Gasteiger partial charge in [0.15, 0.2) is 11.6 Å². The van der Waals surface area contributed by atoms with Gasteiger partial charge >= 0.3 is 0 Å². The molecule has 0 atom stereocenters. The van der Waals surface area contributed by atoms with E-state index in [9.17, 15) is 9.18 Å². The lowest BCUT2D eigenvalue weighted by molar-refractivity contribution is 0.0931. The van der Waals surface area contributed by atoms with Crippen molar-refractivity contribution < 1.29 is 9.18 Å². The first-order valence-corrected chi connectivity index (χ1v) is 5.20. The predicted octanol–water partition coefficient (Wildman–Crippen LogP) is 1.54. The molecule has 1 aromatic heterocycles. The van der Waals surface area contributed by atoms with Crippen molar-refractivity contribution >= 4 is 11.7 Å². The molecule has 0 aliphatic heterocycles. The number of hydrogen-bond donors (Lipinski definition) is 2. The van der Waals surface area contributed by atoms with Gasteiger partial charge in [0.1, 0.15) is 0 Å². The van der Waals surface area contributed by atoms with Gasteiger partial charge in [0, 0.05) is 18.8 Å². The lowest BCUT2D eigenvalue weighted by atomic mass is 10.2. The number of nitrogens with one attached hydrogen (secondary N) is 2. The summed E-state index contributed by atoms with van der Waals surface area (Å²) in [6.45, 7) is 1.95. The van der Waals surface area contributed by atoms with E-state index in [-0.39, 0.29) is 22.8 Å². The molecule has 86 valence electrons. The van der Waals surface area contributed by atoms with Crippen LogP contribution in [0.3, 0.4) is 0 Å². The van der Waals surface area contributed by atoms with Crippen molar-refractivity contribution in [3.05, 3.63) is 23.6 Å². The van der Waals surface area contributed by atoms with Crippen molar-refractivity contribution in [2.24, 2.45) is 0 Å². The number of rotatable bonds is 3. The highest BCUT2D eigenvalue weighted by Crippen LogP contribution is 2.34. The van der Waals surface area contributed by atoms with Gasteiger partial charge in [-0.1, -0.05) is 0 Å². The van der Waals surface area contributed by atoms with Crippen LogP contribution in [0.25, 0.3) is 0 Å². The van der Waals surface area contributed by atoms with E-state index in [0.717, 1.165) is 12.8 Å². The van der Waals surface area contributed by atoms with Crippen LogP contribution >= 0.6 is 0 Å². The number of anilines is 1. The number of amides is 1. The van der Waals surface area contributed by atoms with Crippen LogP contribution in [-0.2, 0) is 0 Å². The molecule has 0 aromatic carbocycles. The zero-order valence-corrected chi connectivity index (χ0v) is 9.30. The number of carbonyl (C=O) groups excluding carboxylic acids is 1. The summed E-state index contributed by atoms with van der Waals surface area (Å²) in [5.41, 5.74) is -0.112. The summed E-state index contributed by atoms with van der Waals surface area (Å²) in [5, 5.41) is 5.41. The first-order chi connectivity index (χ1) is 7.56. The zero-order valence-electron chi connectivity index (χ0n) is 9.30. The smallest absolute Gasteiger partial charge is 0.254 e. The number of aromatic nitrogens is 1. The van der Waals surface area contributed by atoms with Crippen molar-refractivity contribution in [3.63, 3.8) is 0 Å². The second-order valence-electron chi connectivity index (χ2n) is 4.29. The molecule has 2 rings (SSSR count). The number of pyridine rings is 1. The third-order valence-electron chi connectivity index (χ3n) is 2.79. The molecule has 1 aromatic rings. The van der Waals surface area contributed by atoms with Gasteiger partial charge in [-0.25, -0.2) is 9.37 Å². The fourth-order valence-corrected chi connectivity index (χ4v) is 1.45. The maximum Gasteiger partial charge on any atom is 0.254 e. The molecule has 0 bridgehead atoms. The van der Waals surface area contributed by atoms with E-state index in [1.807, 2.05) is 6.92 Å². The molecule has 2 N–H and O–H groups in total. The Kier molecular flexibility index (Phi) is 2.53. The molecule has 1 saturated carbocycles. The van der Waals surface area contributed by atoms with Crippen molar-refractivity contribution in [2.75, 3.05) is 12.4 Å². The minimum atomic E-state index is -0.605. The van der Waals surface area contributed by atoms with E-state index in [1.54, 1.807) is 7.05 Å². The Labute approximate surface area is 93.3 Å². The Morgan fingerprint density at radius 2 is 2.25 bits per heavy atom. The molecule has 16 heavy (non-hydrogen) atoms. The van der Waals surface area contributed by atoms with Gasteiger partial charge < -0.3 is 10.6 Å². The minimum Gasteiger partial charge on any atom is -0.371 e. The highest BCUT2D eigenvalue weighted by atomic mass is 19.1. The molecule has 1 heterocycles. The van der Waals surface area contributed by atoms with Crippen LogP contribution < -0.4 is 10.6 Å². The molecule has 0 spiro atoms. The number of halogens is 1. The van der Waals surface area contributed by atoms with Crippen molar-refractivity contribution in [3.8, 4) is 0 Å². The van der Waals surface area contributed by atoms with Gasteiger partial charge in [0.05, 0.1) is 5.56 Å². The minimum absolute atomic E-state index is 0.0347. The second kappa shape index (κ2) is 3.73. The number of hydrogen-bond acceptors (Lipinski definition) is 3. The van der Waals surface area contributed by atoms with Crippen LogP contribution in [0.5, 0.6) is 0 Å². The van der Waals surface area contributed by atoms with Crippen LogP contribution in [0.1, 0.15) is 30.1 Å². The van der Waals surface area contributed by atoms with Gasteiger partial charge in [-0.05, 0) is 25.8 Å². The summed E-state index contributed by atoms with van der Waals surface area (Å²) in [4.78, 5) is 15.6. The fourth-order valence-electron chi connectivity index (χ4n) is 1.45. The Morgan fingerprint density at radius 3 is 2.81 bits per heavy atom. The highest BCUT2D eigenvalue weighted by molar-refractivity contribution is 5.95. The first kappa shape index (κ1) is 10.9. The molecular weight excluding hydrogens is 209 g/mol. The molecule has 0 saturated heterocycles. The van der Waals surface area contributed by atoms with E-state index in [1.165, 1.54) is 12.3 Å². The summed E-state index contributed by atoms with van der Waals surface area (Å²) in [6, 6.07) is 1.39. The van der Waals surface area contributed by atoms with Gasteiger partial charge in [-0.2, -0.15) is 0 Å². The van der Waals surface area contributed by atoms with Crippen LogP contribution in [0.15, 0.2) is 12.3 Å². The summed E-state index contributed by atoms with van der Waals surface area (Å²) < 4.78 is 13.7. The number of nitrogens with zero attached hydrogens (tertiary/aromatic N) is 1. The van der Waals surface area contributed by atoms with E-state index < -0.39 is 5.82 Å². The molecule has 1 fully saturated rings. The van der Waals surface area contributed by atoms with Crippen LogP contribution in [0.4, 0.5) is 10.2 Å². The Hall–Kier alpha value is -1.65. The third kappa shape index (κ3) is 1.98. The second-order valence-corrected chi connectivity index (χ2v) is 4.29. The molecule has 4 nitrogen and oxygen atoms in total. The van der Waals surface area contributed by atoms with Gasteiger partial charge in [0.2, 0.25) is 0 Å². The van der Waals surface area contributed by atoms with Crippen molar-refractivity contribution in [1.82, 2.24) is 10.3 Å². The topological polar surface area (TPSA) is 54.0 Å². The fraction of sp³-hybridized carbons (Fsp3) is 0.455. The molecule has 0 unspecified atom stereocenters. The molecule has 0 radical (unpaired) electrons. The highest BCUT2D eigenvalue weighted by Gasteiger charge is 2.39. The van der Waals surface area contributed by atoms with Gasteiger partial charge in [-0.3, -0.25) is 4.79 Å². The average molecular weight is 223 g/mol. The average Bonchev–Trinajstić information content (AvgIpc) is 2.96. The normalized spacial score (nSPS) is 16.7. The Morgan fingerprint density at radius 1 is 1.56 bits per heavy atom. The molecule has 1 aliphatic carbocycles. The zero-order chi connectivity index (χ0) is 11.8. The monoisotopic (exact) mass is 223 g/mol. The van der Waals surface area contributed by atoms with E-state index in [0.29, 0.717) is 0 Å². The van der Waals surface area contributed by atoms with Gasteiger partial charge in [-0.15, -0.1) is 0 Å². The summed E-state index contributed by atoms with van der Waals surface area (Å²) in [6.07, 6.45) is 3.31. The maximum absolute atomic E-state index is 13.7. The van der Waals surface area contributed by atoms with Crippen LogP contribution in [0, 0.1) is 5.82 Å². The molecule has 1 aliphatic rings. The molecule has 1 amide bonds. The quantitative estimate of drug-likeness (QED) is 0.817. The van der Waals surface area contributed by atoms with E-state index in [4.69, 9.17) is 0 Å². The standard InChI is InChI=1S/C11H14FN3O/c1-11(4-5-11)15-10(16)7-3-6-14-9(13-2)8(7)12/h3,6H,4-5H2,1-2H3,(H,13,14)(H,15,16). The Balaban J connectivity index is 2.22. The third-order valence-corrected chi connectivity index (χ3v) is 2.79. The summed E-state index contributed by atoms with van der Waals surface area (Å²) in [5.74, 6) is -0.892. The first-order valence-electron chi connectivity index (χ1n) is 5.20. The lowest BCUT2D eigenvalue weighted by Crippen LogP contribution is -2.34. The summed E-state index contributed by atoms with van der Waals surface area (Å²) >= 11 is 0. The lowest BCUT2D eigenvalue weighted by Gasteiger charge is -2.12. The van der Waals surface area contributed by atoms with Crippen molar-refractivity contribution in [2.45, 2.75) is 25.3 Å². The Bertz CT molecular complexity index is 429. The van der Waals surface area contributed by atoms with E-state index in [2.05, 4.69) is 15.6 Å². The van der Waals surface area contributed by atoms with Gasteiger partial charge in [0.25, 0.3) is 5.91 Å². The van der Waals surface area contributed by atoms with Crippen LogP contribution in [0.2, 0.25) is 0 Å². The summed E-state index contributed by atoms with van der Waals surface area (Å²) in [7, 11) is 1.56. The number of carbonyl (C=O) groups is 1. The predicted molar refractivity (Wildman–Crippen MR) is 58.8 cm³/mol. The SMILES string of the molecule is CNc1nccc(C(=O)NC2(C)CC2)c1F.